The molecule has 3 nitrogen and oxygen atoms in total. The molecule has 0 aliphatic rings. The van der Waals surface area contributed by atoms with Crippen LogP contribution in [-0.2, 0) is 6.61 Å². The van der Waals surface area contributed by atoms with E-state index in [1.165, 1.54) is 6.07 Å². The quantitative estimate of drug-likeness (QED) is 0.859. The molecule has 0 unspecified atom stereocenters. The van der Waals surface area contributed by atoms with Crippen molar-refractivity contribution in [2.45, 2.75) is 13.5 Å². The third-order valence-corrected chi connectivity index (χ3v) is 2.81. The van der Waals surface area contributed by atoms with Crippen LogP contribution in [0.2, 0.25) is 0 Å². The number of methoxy groups -OCH3 is 1. The first kappa shape index (κ1) is 13.2. The van der Waals surface area contributed by atoms with Crippen molar-refractivity contribution in [1.29, 1.82) is 0 Å². The van der Waals surface area contributed by atoms with E-state index in [-0.39, 0.29) is 12.3 Å². The minimum atomic E-state index is -0.437. The maximum Gasteiger partial charge on any atom is 0.161 e. The summed E-state index contributed by atoms with van der Waals surface area (Å²) in [5, 5.41) is 0. The van der Waals surface area contributed by atoms with Crippen molar-refractivity contribution in [2.24, 2.45) is 0 Å². The molecule has 0 spiro atoms. The van der Waals surface area contributed by atoms with Crippen LogP contribution in [0.4, 0.5) is 10.1 Å². The zero-order chi connectivity index (χ0) is 13.8. The highest BCUT2D eigenvalue weighted by Gasteiger charge is 2.08. The van der Waals surface area contributed by atoms with Crippen LogP contribution in [0, 0.1) is 12.7 Å². The molecular weight excluding hydrogens is 245 g/mol. The molecule has 0 saturated heterocycles. The molecule has 0 saturated carbocycles. The average molecular weight is 261 g/mol. The summed E-state index contributed by atoms with van der Waals surface area (Å²) in [7, 11) is 1.57. The molecule has 0 radical (unpaired) electrons. The van der Waals surface area contributed by atoms with E-state index in [1.807, 2.05) is 19.1 Å². The molecule has 0 fully saturated rings. The van der Waals surface area contributed by atoms with Gasteiger partial charge in [-0.15, -0.1) is 0 Å². The fraction of sp³-hybridized carbons (Fsp3) is 0.200. The molecule has 4 heteroatoms. The van der Waals surface area contributed by atoms with E-state index in [4.69, 9.17) is 15.2 Å². The minimum Gasteiger partial charge on any atom is -0.493 e. The Labute approximate surface area is 111 Å². The Morgan fingerprint density at radius 2 is 1.95 bits per heavy atom. The van der Waals surface area contributed by atoms with Crippen molar-refractivity contribution in [3.05, 3.63) is 53.3 Å². The van der Waals surface area contributed by atoms with Crippen molar-refractivity contribution in [2.75, 3.05) is 12.8 Å². The standard InChI is InChI=1S/C15H16FNO2/c1-10-6-7-13(14(8-10)18-2)19-9-11-4-3-5-12(17)15(11)16/h3-8H,9,17H2,1-2H3. The van der Waals surface area contributed by atoms with E-state index >= 15 is 0 Å². The van der Waals surface area contributed by atoms with E-state index < -0.39 is 5.82 Å². The molecule has 0 aliphatic heterocycles. The van der Waals surface area contributed by atoms with Crippen molar-refractivity contribution < 1.29 is 13.9 Å². The number of hydrogen-bond donors (Lipinski definition) is 1. The van der Waals surface area contributed by atoms with Gasteiger partial charge in [0, 0.05) is 5.56 Å². The van der Waals surface area contributed by atoms with Gasteiger partial charge in [-0.25, -0.2) is 4.39 Å². The van der Waals surface area contributed by atoms with Crippen LogP contribution in [0.25, 0.3) is 0 Å². The molecule has 0 atom stereocenters. The second-order valence-electron chi connectivity index (χ2n) is 4.26. The van der Waals surface area contributed by atoms with Gasteiger partial charge in [-0.05, 0) is 30.7 Å². The van der Waals surface area contributed by atoms with Gasteiger partial charge in [0.15, 0.2) is 17.3 Å². The zero-order valence-electron chi connectivity index (χ0n) is 10.9. The lowest BCUT2D eigenvalue weighted by molar-refractivity contribution is 0.280. The Morgan fingerprint density at radius 1 is 1.16 bits per heavy atom. The van der Waals surface area contributed by atoms with Crippen LogP contribution in [0.5, 0.6) is 11.5 Å². The molecule has 2 rings (SSSR count). The van der Waals surface area contributed by atoms with Crippen molar-refractivity contribution in [3.63, 3.8) is 0 Å². The minimum absolute atomic E-state index is 0.107. The van der Waals surface area contributed by atoms with Crippen molar-refractivity contribution in [3.8, 4) is 11.5 Å². The fourth-order valence-corrected chi connectivity index (χ4v) is 1.76. The van der Waals surface area contributed by atoms with Gasteiger partial charge in [-0.3, -0.25) is 0 Å². The normalized spacial score (nSPS) is 10.3. The fourth-order valence-electron chi connectivity index (χ4n) is 1.76. The van der Waals surface area contributed by atoms with Crippen molar-refractivity contribution in [1.82, 2.24) is 0 Å². The zero-order valence-corrected chi connectivity index (χ0v) is 10.9. The summed E-state index contributed by atoms with van der Waals surface area (Å²) in [6.07, 6.45) is 0. The maximum absolute atomic E-state index is 13.7. The molecule has 0 aromatic heterocycles. The second-order valence-corrected chi connectivity index (χ2v) is 4.26. The number of aryl methyl sites for hydroxylation is 1. The summed E-state index contributed by atoms with van der Waals surface area (Å²) < 4.78 is 24.5. The van der Waals surface area contributed by atoms with Gasteiger partial charge in [0.1, 0.15) is 6.61 Å². The Morgan fingerprint density at radius 3 is 2.68 bits per heavy atom. The Kier molecular flexibility index (Phi) is 3.90. The highest BCUT2D eigenvalue weighted by molar-refractivity contribution is 5.44. The number of ether oxygens (including phenoxy) is 2. The summed E-state index contributed by atoms with van der Waals surface area (Å²) in [6.45, 7) is 2.07. The van der Waals surface area contributed by atoms with Gasteiger partial charge in [-0.1, -0.05) is 18.2 Å². The summed E-state index contributed by atoms with van der Waals surface area (Å²) >= 11 is 0. The second kappa shape index (κ2) is 5.61. The maximum atomic E-state index is 13.7. The number of benzene rings is 2. The van der Waals surface area contributed by atoms with Gasteiger partial charge < -0.3 is 15.2 Å². The predicted octanol–water partition coefficient (Wildman–Crippen LogP) is 3.30. The number of hydrogen-bond acceptors (Lipinski definition) is 3. The lowest BCUT2D eigenvalue weighted by Gasteiger charge is -2.12. The molecule has 19 heavy (non-hydrogen) atoms. The number of rotatable bonds is 4. The lowest BCUT2D eigenvalue weighted by Crippen LogP contribution is -2.02. The van der Waals surface area contributed by atoms with Crippen LogP contribution >= 0.6 is 0 Å². The number of nitrogen functional groups attached to an aromatic ring is 1. The van der Waals surface area contributed by atoms with Crippen LogP contribution in [-0.4, -0.2) is 7.11 Å². The predicted molar refractivity (Wildman–Crippen MR) is 72.9 cm³/mol. The Bertz CT molecular complexity index is 584. The molecule has 2 N–H and O–H groups in total. The highest BCUT2D eigenvalue weighted by Crippen LogP contribution is 2.29. The first-order chi connectivity index (χ1) is 9.11. The third kappa shape index (κ3) is 2.96. The Hall–Kier alpha value is -2.23. The summed E-state index contributed by atoms with van der Waals surface area (Å²) in [5.74, 6) is 0.771. The molecule has 100 valence electrons. The summed E-state index contributed by atoms with van der Waals surface area (Å²) in [6, 6.07) is 10.4. The van der Waals surface area contributed by atoms with Gasteiger partial charge in [0.25, 0.3) is 0 Å². The smallest absolute Gasteiger partial charge is 0.161 e. The SMILES string of the molecule is COc1cc(C)ccc1OCc1cccc(N)c1F. The van der Waals surface area contributed by atoms with E-state index in [1.54, 1.807) is 25.3 Å². The number of anilines is 1. The first-order valence-corrected chi connectivity index (χ1v) is 5.92. The van der Waals surface area contributed by atoms with Crippen LogP contribution in [0.15, 0.2) is 36.4 Å². The monoisotopic (exact) mass is 261 g/mol. The Balaban J connectivity index is 2.17. The summed E-state index contributed by atoms with van der Waals surface area (Å²) in [4.78, 5) is 0. The van der Waals surface area contributed by atoms with Gasteiger partial charge >= 0.3 is 0 Å². The number of nitrogens with two attached hydrogens (primary N) is 1. The molecule has 0 heterocycles. The topological polar surface area (TPSA) is 44.5 Å². The van der Waals surface area contributed by atoms with Crippen molar-refractivity contribution >= 4 is 5.69 Å². The molecule has 2 aromatic rings. The van der Waals surface area contributed by atoms with Crippen LogP contribution < -0.4 is 15.2 Å². The van der Waals surface area contributed by atoms with E-state index in [9.17, 15) is 4.39 Å². The van der Waals surface area contributed by atoms with Gasteiger partial charge in [-0.2, -0.15) is 0 Å². The van der Waals surface area contributed by atoms with E-state index in [0.717, 1.165) is 5.56 Å². The van der Waals surface area contributed by atoms with Crippen LogP contribution in [0.1, 0.15) is 11.1 Å². The average Bonchev–Trinajstić information content (AvgIpc) is 2.41. The molecule has 2 aromatic carbocycles. The van der Waals surface area contributed by atoms with Crippen LogP contribution in [0.3, 0.4) is 0 Å². The largest absolute Gasteiger partial charge is 0.493 e. The lowest BCUT2D eigenvalue weighted by atomic mass is 10.2. The molecule has 0 aliphatic carbocycles. The summed E-state index contributed by atoms with van der Waals surface area (Å²) in [5.41, 5.74) is 7.12. The van der Waals surface area contributed by atoms with Gasteiger partial charge in [0.2, 0.25) is 0 Å². The first-order valence-electron chi connectivity index (χ1n) is 5.92. The number of halogens is 1. The van der Waals surface area contributed by atoms with E-state index in [2.05, 4.69) is 0 Å². The third-order valence-electron chi connectivity index (χ3n) is 2.81. The molecule has 0 bridgehead atoms. The molecular formula is C15H16FNO2. The van der Waals surface area contributed by atoms with E-state index in [0.29, 0.717) is 17.1 Å². The molecule has 0 amide bonds. The van der Waals surface area contributed by atoms with Gasteiger partial charge in [0.05, 0.1) is 12.8 Å². The highest BCUT2D eigenvalue weighted by atomic mass is 19.1.